The highest BCUT2D eigenvalue weighted by molar-refractivity contribution is 5.93. The molecule has 0 unspecified atom stereocenters. The fourth-order valence-corrected chi connectivity index (χ4v) is 2.03. The van der Waals surface area contributed by atoms with Crippen molar-refractivity contribution >= 4 is 11.7 Å². The van der Waals surface area contributed by atoms with Crippen LogP contribution in [0.4, 0.5) is 5.69 Å². The van der Waals surface area contributed by atoms with Crippen molar-refractivity contribution in [2.24, 2.45) is 0 Å². The number of phenolic OH excluding ortho intramolecular Hbond substituents is 1. The molecule has 0 spiro atoms. The van der Waals surface area contributed by atoms with Crippen LogP contribution in [0.5, 0.6) is 5.75 Å². The van der Waals surface area contributed by atoms with Gasteiger partial charge in [0.15, 0.2) is 0 Å². The quantitative estimate of drug-likeness (QED) is 0.654. The molecule has 2 rings (SSSR count). The van der Waals surface area contributed by atoms with E-state index in [1.165, 1.54) is 24.3 Å². The fourth-order valence-electron chi connectivity index (χ4n) is 2.03. The first-order valence-electron chi connectivity index (χ1n) is 6.81. The summed E-state index contributed by atoms with van der Waals surface area (Å²) in [5, 5.41) is 12.9. The smallest absolute Gasteiger partial charge is 0.341 e. The van der Waals surface area contributed by atoms with Crippen LogP contribution in [0.15, 0.2) is 42.5 Å². The summed E-state index contributed by atoms with van der Waals surface area (Å²) >= 11 is 0. The maximum Gasteiger partial charge on any atom is 0.341 e. The summed E-state index contributed by atoms with van der Waals surface area (Å²) in [5.41, 5.74) is 3.44. The average molecular weight is 285 g/mol. The lowest BCUT2D eigenvalue weighted by Gasteiger charge is -2.09. The van der Waals surface area contributed by atoms with Crippen molar-refractivity contribution in [3.8, 4) is 5.75 Å². The minimum atomic E-state index is -0.547. The van der Waals surface area contributed by atoms with Gasteiger partial charge in [-0.05, 0) is 37.1 Å². The summed E-state index contributed by atoms with van der Waals surface area (Å²) < 4.78 is 4.63. The molecular formula is C17H19NO3. The van der Waals surface area contributed by atoms with Gasteiger partial charge < -0.3 is 15.2 Å². The van der Waals surface area contributed by atoms with E-state index in [4.69, 9.17) is 0 Å². The summed E-state index contributed by atoms with van der Waals surface area (Å²) in [6.45, 7) is 2.81. The molecule has 110 valence electrons. The van der Waals surface area contributed by atoms with E-state index >= 15 is 0 Å². The number of carbonyl (C=O) groups excluding carboxylic acids is 1. The van der Waals surface area contributed by atoms with E-state index in [0.717, 1.165) is 18.7 Å². The maximum absolute atomic E-state index is 11.5. The summed E-state index contributed by atoms with van der Waals surface area (Å²) in [6.07, 6.45) is 0.884. The molecular weight excluding hydrogens is 266 g/mol. The molecule has 0 aliphatic heterocycles. The normalized spacial score (nSPS) is 10.2. The Morgan fingerprint density at radius 2 is 1.90 bits per heavy atom. The Balaban J connectivity index is 1.97. The Hall–Kier alpha value is -2.49. The number of rotatable bonds is 5. The molecule has 2 aromatic rings. The zero-order valence-electron chi connectivity index (χ0n) is 12.2. The summed E-state index contributed by atoms with van der Waals surface area (Å²) in [7, 11) is 1.29. The largest absolute Gasteiger partial charge is 0.507 e. The first-order chi connectivity index (χ1) is 10.1. The number of benzene rings is 2. The molecule has 0 atom stereocenters. The van der Waals surface area contributed by atoms with Crippen LogP contribution >= 0.6 is 0 Å². The van der Waals surface area contributed by atoms with Crippen molar-refractivity contribution in [1.29, 1.82) is 0 Å². The highest BCUT2D eigenvalue weighted by Gasteiger charge is 2.11. The molecule has 0 saturated carbocycles. The van der Waals surface area contributed by atoms with Gasteiger partial charge in [-0.1, -0.05) is 29.8 Å². The van der Waals surface area contributed by atoms with Gasteiger partial charge in [-0.2, -0.15) is 0 Å². The van der Waals surface area contributed by atoms with Crippen LogP contribution in [0, 0.1) is 6.92 Å². The van der Waals surface area contributed by atoms with E-state index in [1.807, 2.05) is 0 Å². The molecule has 21 heavy (non-hydrogen) atoms. The first kappa shape index (κ1) is 14.9. The van der Waals surface area contributed by atoms with E-state index in [0.29, 0.717) is 0 Å². The summed E-state index contributed by atoms with van der Waals surface area (Å²) in [6, 6.07) is 13.2. The molecule has 0 radical (unpaired) electrons. The average Bonchev–Trinajstić information content (AvgIpc) is 2.50. The van der Waals surface area contributed by atoms with Crippen LogP contribution in [0.3, 0.4) is 0 Å². The number of aryl methyl sites for hydroxylation is 1. The standard InChI is InChI=1S/C17H19NO3/c1-12-3-5-13(6-4-12)9-10-18-14-7-8-16(19)15(11-14)17(20)21-2/h3-8,11,18-19H,9-10H2,1-2H3. The zero-order chi connectivity index (χ0) is 15.2. The number of esters is 1. The minimum absolute atomic E-state index is 0.0778. The molecule has 0 bridgehead atoms. The van der Waals surface area contributed by atoms with Crippen molar-refractivity contribution in [1.82, 2.24) is 0 Å². The van der Waals surface area contributed by atoms with Gasteiger partial charge in [-0.25, -0.2) is 4.79 Å². The SMILES string of the molecule is COC(=O)c1cc(NCCc2ccc(C)cc2)ccc1O. The fraction of sp³-hybridized carbons (Fsp3) is 0.235. The molecule has 0 aromatic heterocycles. The number of carbonyl (C=O) groups is 1. The van der Waals surface area contributed by atoms with E-state index in [2.05, 4.69) is 41.2 Å². The number of methoxy groups -OCH3 is 1. The topological polar surface area (TPSA) is 58.6 Å². The predicted molar refractivity (Wildman–Crippen MR) is 82.8 cm³/mol. The second-order valence-electron chi connectivity index (χ2n) is 4.89. The number of anilines is 1. The zero-order valence-corrected chi connectivity index (χ0v) is 12.2. The molecule has 0 fully saturated rings. The summed E-state index contributed by atoms with van der Waals surface area (Å²) in [4.78, 5) is 11.5. The number of aromatic hydroxyl groups is 1. The van der Waals surface area contributed by atoms with Gasteiger partial charge in [0.1, 0.15) is 11.3 Å². The van der Waals surface area contributed by atoms with Crippen LogP contribution < -0.4 is 5.32 Å². The van der Waals surface area contributed by atoms with Gasteiger partial charge >= 0.3 is 5.97 Å². The molecule has 4 heteroatoms. The third kappa shape index (κ3) is 3.99. The number of hydrogen-bond donors (Lipinski definition) is 2. The molecule has 0 aliphatic carbocycles. The van der Waals surface area contributed by atoms with Gasteiger partial charge in [0, 0.05) is 12.2 Å². The number of nitrogens with one attached hydrogen (secondary N) is 1. The van der Waals surface area contributed by atoms with E-state index < -0.39 is 5.97 Å². The third-order valence-corrected chi connectivity index (χ3v) is 3.27. The lowest BCUT2D eigenvalue weighted by atomic mass is 10.1. The number of ether oxygens (including phenoxy) is 1. The van der Waals surface area contributed by atoms with Gasteiger partial charge in [0.25, 0.3) is 0 Å². The second kappa shape index (κ2) is 6.79. The Bertz CT molecular complexity index is 620. The van der Waals surface area contributed by atoms with E-state index in [1.54, 1.807) is 12.1 Å². The highest BCUT2D eigenvalue weighted by Crippen LogP contribution is 2.22. The van der Waals surface area contributed by atoms with Crippen molar-refractivity contribution in [3.05, 3.63) is 59.2 Å². The Labute approximate surface area is 124 Å². The van der Waals surface area contributed by atoms with Gasteiger partial charge in [0.05, 0.1) is 7.11 Å². The molecule has 0 amide bonds. The van der Waals surface area contributed by atoms with Gasteiger partial charge in [-0.15, -0.1) is 0 Å². The molecule has 0 aliphatic rings. The molecule has 0 heterocycles. The Morgan fingerprint density at radius 3 is 2.57 bits per heavy atom. The minimum Gasteiger partial charge on any atom is -0.507 e. The van der Waals surface area contributed by atoms with Crippen molar-refractivity contribution in [2.75, 3.05) is 19.0 Å². The Kier molecular flexibility index (Phi) is 4.82. The predicted octanol–water partition coefficient (Wildman–Crippen LogP) is 3.14. The molecule has 2 aromatic carbocycles. The second-order valence-corrected chi connectivity index (χ2v) is 4.89. The molecule has 2 N–H and O–H groups in total. The summed E-state index contributed by atoms with van der Waals surface area (Å²) in [5.74, 6) is -0.624. The first-order valence-corrected chi connectivity index (χ1v) is 6.81. The highest BCUT2D eigenvalue weighted by atomic mass is 16.5. The lowest BCUT2D eigenvalue weighted by Crippen LogP contribution is -2.07. The van der Waals surface area contributed by atoms with Crippen LogP contribution in [0.1, 0.15) is 21.5 Å². The number of phenols is 1. The van der Waals surface area contributed by atoms with Gasteiger partial charge in [0.2, 0.25) is 0 Å². The monoisotopic (exact) mass is 285 g/mol. The van der Waals surface area contributed by atoms with Crippen molar-refractivity contribution in [2.45, 2.75) is 13.3 Å². The lowest BCUT2D eigenvalue weighted by molar-refractivity contribution is 0.0597. The maximum atomic E-state index is 11.5. The van der Waals surface area contributed by atoms with Crippen molar-refractivity contribution in [3.63, 3.8) is 0 Å². The van der Waals surface area contributed by atoms with Crippen LogP contribution in [0.2, 0.25) is 0 Å². The molecule has 0 saturated heterocycles. The van der Waals surface area contributed by atoms with E-state index in [9.17, 15) is 9.90 Å². The van der Waals surface area contributed by atoms with Crippen molar-refractivity contribution < 1.29 is 14.6 Å². The van der Waals surface area contributed by atoms with Gasteiger partial charge in [-0.3, -0.25) is 0 Å². The van der Waals surface area contributed by atoms with Crippen LogP contribution in [-0.2, 0) is 11.2 Å². The number of hydrogen-bond acceptors (Lipinski definition) is 4. The molecule has 4 nitrogen and oxygen atoms in total. The van der Waals surface area contributed by atoms with Crippen LogP contribution in [-0.4, -0.2) is 24.7 Å². The third-order valence-electron chi connectivity index (χ3n) is 3.27. The Morgan fingerprint density at radius 1 is 1.19 bits per heavy atom. The van der Waals surface area contributed by atoms with Crippen LogP contribution in [0.25, 0.3) is 0 Å². The van der Waals surface area contributed by atoms with E-state index in [-0.39, 0.29) is 11.3 Å².